The first-order valence-corrected chi connectivity index (χ1v) is 8.92. The minimum atomic E-state index is -0.864. The molecule has 7 nitrogen and oxygen atoms in total. The first-order chi connectivity index (χ1) is 13.4. The van der Waals surface area contributed by atoms with Crippen LogP contribution in [0.4, 0.5) is 0 Å². The van der Waals surface area contributed by atoms with Gasteiger partial charge in [0.2, 0.25) is 5.88 Å². The number of hydrogen-bond acceptors (Lipinski definition) is 6. The minimum absolute atomic E-state index is 0.0170. The molecule has 1 atom stereocenters. The molecule has 0 saturated carbocycles. The van der Waals surface area contributed by atoms with Crippen LogP contribution in [0, 0.1) is 5.92 Å². The Morgan fingerprint density at radius 2 is 1.86 bits per heavy atom. The Labute approximate surface area is 163 Å². The molecule has 7 heteroatoms. The second kappa shape index (κ2) is 7.82. The van der Waals surface area contributed by atoms with Crippen LogP contribution >= 0.6 is 0 Å². The van der Waals surface area contributed by atoms with Crippen LogP contribution in [0.15, 0.2) is 48.7 Å². The van der Waals surface area contributed by atoms with E-state index >= 15 is 0 Å². The highest BCUT2D eigenvalue weighted by atomic mass is 16.5. The Morgan fingerprint density at radius 1 is 1.14 bits per heavy atom. The molecule has 0 radical (unpaired) electrons. The number of nitrogens with zero attached hydrogens (tertiary/aromatic N) is 2. The summed E-state index contributed by atoms with van der Waals surface area (Å²) in [6.45, 7) is 5.67. The number of aromatic nitrogens is 2. The molecule has 146 valence electrons. The molecule has 1 amide bonds. The molecule has 0 aliphatic carbocycles. The number of fused-ring (bicyclic) bond motifs is 1. The maximum Gasteiger partial charge on any atom is 0.253 e. The number of methoxy groups -OCH3 is 1. The summed E-state index contributed by atoms with van der Waals surface area (Å²) in [6, 6.07) is 12.6. The smallest absolute Gasteiger partial charge is 0.253 e. The van der Waals surface area contributed by atoms with Gasteiger partial charge in [-0.2, -0.15) is 4.98 Å². The van der Waals surface area contributed by atoms with E-state index in [1.807, 2.05) is 32.0 Å². The maximum atomic E-state index is 12.2. The number of nitrogens with one attached hydrogen (secondary N) is 1. The van der Waals surface area contributed by atoms with Crippen LogP contribution in [0.5, 0.6) is 17.4 Å². The van der Waals surface area contributed by atoms with Crippen LogP contribution in [0.2, 0.25) is 0 Å². The van der Waals surface area contributed by atoms with Crippen LogP contribution in [0.3, 0.4) is 0 Å². The Hall–Kier alpha value is -3.19. The van der Waals surface area contributed by atoms with Gasteiger partial charge in [-0.15, -0.1) is 0 Å². The molecule has 1 aromatic carbocycles. The van der Waals surface area contributed by atoms with Crippen LogP contribution in [0.25, 0.3) is 11.0 Å². The van der Waals surface area contributed by atoms with E-state index in [1.165, 1.54) is 0 Å². The molecule has 0 aliphatic heterocycles. The third-order valence-corrected chi connectivity index (χ3v) is 5.16. The third-order valence-electron chi connectivity index (χ3n) is 5.16. The van der Waals surface area contributed by atoms with Crippen LogP contribution in [-0.2, 0) is 10.2 Å². The van der Waals surface area contributed by atoms with Gasteiger partial charge in [0.25, 0.3) is 5.91 Å². The molecule has 2 aromatic heterocycles. The lowest BCUT2D eigenvalue weighted by Gasteiger charge is -2.31. The van der Waals surface area contributed by atoms with Gasteiger partial charge in [0, 0.05) is 12.3 Å². The van der Waals surface area contributed by atoms with Crippen molar-refractivity contribution in [1.82, 2.24) is 15.4 Å². The zero-order valence-corrected chi connectivity index (χ0v) is 16.3. The molecular formula is C21H23N3O4. The Bertz CT molecular complexity index is 989. The quantitative estimate of drug-likeness (QED) is 0.498. The molecule has 3 rings (SSSR count). The van der Waals surface area contributed by atoms with Gasteiger partial charge in [0.05, 0.1) is 17.9 Å². The summed E-state index contributed by atoms with van der Waals surface area (Å²) in [5, 5.41) is 9.89. The fourth-order valence-electron chi connectivity index (χ4n) is 3.03. The third kappa shape index (κ3) is 3.48. The van der Waals surface area contributed by atoms with E-state index in [-0.39, 0.29) is 5.92 Å². The van der Waals surface area contributed by atoms with Crippen molar-refractivity contribution in [1.29, 1.82) is 0 Å². The first kappa shape index (κ1) is 19.6. The summed E-state index contributed by atoms with van der Waals surface area (Å²) in [4.78, 5) is 20.8. The van der Waals surface area contributed by atoms with Crippen molar-refractivity contribution >= 4 is 16.9 Å². The summed E-state index contributed by atoms with van der Waals surface area (Å²) in [5.74, 6) is 1.25. The molecule has 3 aromatic rings. The Balaban J connectivity index is 1.91. The zero-order valence-electron chi connectivity index (χ0n) is 16.3. The zero-order chi connectivity index (χ0) is 20.3. The lowest BCUT2D eigenvalue weighted by atomic mass is 9.73. The summed E-state index contributed by atoms with van der Waals surface area (Å²) >= 11 is 0. The highest BCUT2D eigenvalue weighted by molar-refractivity contribution is 5.87. The number of hydroxylamine groups is 1. The van der Waals surface area contributed by atoms with Gasteiger partial charge in [-0.25, -0.2) is 10.5 Å². The number of ether oxygens (including phenoxy) is 2. The van der Waals surface area contributed by atoms with Crippen molar-refractivity contribution in [2.75, 3.05) is 7.11 Å². The second-order valence-electron chi connectivity index (χ2n) is 6.96. The monoisotopic (exact) mass is 381 g/mol. The highest BCUT2D eigenvalue weighted by Gasteiger charge is 2.38. The lowest BCUT2D eigenvalue weighted by Crippen LogP contribution is -2.44. The fourth-order valence-corrected chi connectivity index (χ4v) is 3.03. The van der Waals surface area contributed by atoms with E-state index < -0.39 is 11.3 Å². The minimum Gasteiger partial charge on any atom is -0.481 e. The highest BCUT2D eigenvalue weighted by Crippen LogP contribution is 2.35. The first-order valence-electron chi connectivity index (χ1n) is 8.92. The number of benzene rings is 1. The number of rotatable bonds is 6. The van der Waals surface area contributed by atoms with E-state index in [2.05, 4.69) is 9.97 Å². The topological polar surface area (TPSA) is 93.6 Å². The number of pyridine rings is 2. The molecule has 2 N–H and O–H groups in total. The van der Waals surface area contributed by atoms with E-state index in [4.69, 9.17) is 14.7 Å². The van der Waals surface area contributed by atoms with Gasteiger partial charge in [-0.3, -0.25) is 10.0 Å². The predicted molar refractivity (Wildman–Crippen MR) is 105 cm³/mol. The normalized spacial score (nSPS) is 13.2. The average Bonchev–Trinajstić information content (AvgIpc) is 2.72. The second-order valence-corrected chi connectivity index (χ2v) is 6.96. The summed E-state index contributed by atoms with van der Waals surface area (Å²) in [7, 11) is 1.55. The Kier molecular flexibility index (Phi) is 5.46. The van der Waals surface area contributed by atoms with Crippen molar-refractivity contribution in [2.24, 2.45) is 5.92 Å². The van der Waals surface area contributed by atoms with Gasteiger partial charge in [0.1, 0.15) is 11.5 Å². The van der Waals surface area contributed by atoms with Gasteiger partial charge >= 0.3 is 0 Å². The van der Waals surface area contributed by atoms with E-state index in [9.17, 15) is 4.79 Å². The Morgan fingerprint density at radius 3 is 2.46 bits per heavy atom. The summed E-state index contributed by atoms with van der Waals surface area (Å²) < 4.78 is 11.1. The fraction of sp³-hybridized carbons (Fsp3) is 0.286. The van der Waals surface area contributed by atoms with Gasteiger partial charge in [0.15, 0.2) is 5.65 Å². The van der Waals surface area contributed by atoms with E-state index in [0.717, 1.165) is 10.9 Å². The van der Waals surface area contributed by atoms with Crippen LogP contribution in [-0.4, -0.2) is 28.2 Å². The number of carbonyl (C=O) groups is 1. The lowest BCUT2D eigenvalue weighted by molar-refractivity contribution is -0.136. The maximum absolute atomic E-state index is 12.2. The molecule has 0 saturated heterocycles. The van der Waals surface area contributed by atoms with Gasteiger partial charge in [-0.05, 0) is 42.7 Å². The van der Waals surface area contributed by atoms with E-state index in [0.29, 0.717) is 23.0 Å². The van der Waals surface area contributed by atoms with Crippen LogP contribution in [0.1, 0.15) is 26.3 Å². The van der Waals surface area contributed by atoms with Crippen LogP contribution < -0.4 is 15.0 Å². The SMILES string of the molecule is COc1ccc2c(Oc3ccc([C@@](C)(C(=O)NO)C(C)C)cc3)ccnc2n1. The number of amides is 1. The van der Waals surface area contributed by atoms with Crippen molar-refractivity contribution in [3.63, 3.8) is 0 Å². The molecule has 0 aliphatic rings. The molecule has 0 unspecified atom stereocenters. The molecule has 28 heavy (non-hydrogen) atoms. The number of hydrogen-bond donors (Lipinski definition) is 2. The van der Waals surface area contributed by atoms with Crippen molar-refractivity contribution in [3.8, 4) is 17.4 Å². The van der Waals surface area contributed by atoms with Gasteiger partial charge in [-0.1, -0.05) is 26.0 Å². The van der Waals surface area contributed by atoms with E-state index in [1.54, 1.807) is 50.0 Å². The number of carbonyl (C=O) groups excluding carboxylic acids is 1. The molecule has 0 fully saturated rings. The molecule has 0 spiro atoms. The molecule has 2 heterocycles. The van der Waals surface area contributed by atoms with Crippen molar-refractivity contribution in [3.05, 3.63) is 54.2 Å². The summed E-state index contributed by atoms with van der Waals surface area (Å²) in [6.07, 6.45) is 1.62. The average molecular weight is 381 g/mol. The van der Waals surface area contributed by atoms with Gasteiger partial charge < -0.3 is 9.47 Å². The molecular weight excluding hydrogens is 358 g/mol. The van der Waals surface area contributed by atoms with Crippen molar-refractivity contribution in [2.45, 2.75) is 26.2 Å². The molecule has 0 bridgehead atoms. The van der Waals surface area contributed by atoms with Crippen molar-refractivity contribution < 1.29 is 19.5 Å². The predicted octanol–water partition coefficient (Wildman–Crippen LogP) is 3.85. The summed E-state index contributed by atoms with van der Waals surface area (Å²) in [5.41, 5.74) is 2.22. The standard InChI is InChI=1S/C21H23N3O4/c1-13(2)21(3,20(25)24-26)14-5-7-15(8-6-14)28-17-11-12-22-19-16(17)9-10-18(23-19)27-4/h5-13,26H,1-4H3,(H,24,25)/t21-/m0/s1. The largest absolute Gasteiger partial charge is 0.481 e.